The van der Waals surface area contributed by atoms with Crippen molar-refractivity contribution in [3.8, 4) is 0 Å². The summed E-state index contributed by atoms with van der Waals surface area (Å²) in [6, 6.07) is 7.82. The van der Waals surface area contributed by atoms with E-state index in [-0.39, 0.29) is 18.1 Å². The van der Waals surface area contributed by atoms with Gasteiger partial charge in [-0.1, -0.05) is 28.1 Å². The molecule has 0 radical (unpaired) electrons. The molecule has 1 aliphatic heterocycles. The van der Waals surface area contributed by atoms with Gasteiger partial charge in [-0.3, -0.25) is 9.69 Å². The largest absolute Gasteiger partial charge is 0.371 e. The number of morpholine rings is 1. The molecule has 2 atom stereocenters. The number of amides is 1. The minimum Gasteiger partial charge on any atom is -0.371 e. The highest BCUT2D eigenvalue weighted by Gasteiger charge is 2.27. The first-order chi connectivity index (χ1) is 8.58. The van der Waals surface area contributed by atoms with Gasteiger partial charge in [0.2, 0.25) is 5.91 Å². The lowest BCUT2D eigenvalue weighted by Crippen LogP contribution is -2.48. The number of rotatable bonds is 3. The van der Waals surface area contributed by atoms with E-state index in [1.807, 2.05) is 31.2 Å². The third kappa shape index (κ3) is 3.10. The van der Waals surface area contributed by atoms with Crippen LogP contribution in [0.1, 0.15) is 18.6 Å². The summed E-state index contributed by atoms with van der Waals surface area (Å²) in [6.45, 7) is 3.91. The van der Waals surface area contributed by atoms with Gasteiger partial charge < -0.3 is 10.5 Å². The number of halogens is 1. The Kier molecular flexibility index (Phi) is 4.37. The van der Waals surface area contributed by atoms with Gasteiger partial charge in [0.15, 0.2) is 0 Å². The molecule has 0 aromatic heterocycles. The van der Waals surface area contributed by atoms with Crippen LogP contribution in [0.15, 0.2) is 28.7 Å². The van der Waals surface area contributed by atoms with E-state index >= 15 is 0 Å². The predicted octanol–water partition coefficient (Wildman–Crippen LogP) is 1.70. The second-order valence-corrected chi connectivity index (χ2v) is 5.40. The highest BCUT2D eigenvalue weighted by atomic mass is 79.9. The minimum atomic E-state index is -0.286. The SMILES string of the molecule is C[C@H](C(N)=O)N1CCO[C@@H](c2ccc(Br)cc2)C1. The van der Waals surface area contributed by atoms with E-state index in [2.05, 4.69) is 20.8 Å². The third-order valence-corrected chi connectivity index (χ3v) is 3.83. The summed E-state index contributed by atoms with van der Waals surface area (Å²) in [7, 11) is 0. The third-order valence-electron chi connectivity index (χ3n) is 3.30. The Bertz CT molecular complexity index is 422. The fourth-order valence-electron chi connectivity index (χ4n) is 2.08. The monoisotopic (exact) mass is 312 g/mol. The molecule has 2 rings (SSSR count). The minimum absolute atomic E-state index is 0.00801. The Labute approximate surface area is 115 Å². The van der Waals surface area contributed by atoms with Crippen LogP contribution in [0.3, 0.4) is 0 Å². The molecule has 1 saturated heterocycles. The van der Waals surface area contributed by atoms with E-state index < -0.39 is 0 Å². The molecule has 5 heteroatoms. The number of benzene rings is 1. The van der Waals surface area contributed by atoms with E-state index in [1.54, 1.807) is 0 Å². The molecule has 0 saturated carbocycles. The quantitative estimate of drug-likeness (QED) is 0.924. The van der Waals surface area contributed by atoms with Gasteiger partial charge in [-0.15, -0.1) is 0 Å². The van der Waals surface area contributed by atoms with Gasteiger partial charge in [0.1, 0.15) is 0 Å². The van der Waals surface area contributed by atoms with E-state index in [4.69, 9.17) is 10.5 Å². The molecule has 0 unspecified atom stereocenters. The zero-order valence-electron chi connectivity index (χ0n) is 10.3. The molecule has 0 spiro atoms. The molecule has 1 aromatic carbocycles. The van der Waals surface area contributed by atoms with Gasteiger partial charge in [0.25, 0.3) is 0 Å². The maximum atomic E-state index is 11.2. The zero-order valence-corrected chi connectivity index (χ0v) is 11.9. The lowest BCUT2D eigenvalue weighted by atomic mass is 10.1. The van der Waals surface area contributed by atoms with E-state index in [1.165, 1.54) is 0 Å². The first kappa shape index (κ1) is 13.5. The van der Waals surface area contributed by atoms with Gasteiger partial charge in [-0.25, -0.2) is 0 Å². The van der Waals surface area contributed by atoms with Crippen molar-refractivity contribution in [2.75, 3.05) is 19.7 Å². The van der Waals surface area contributed by atoms with Crippen LogP contribution in [-0.4, -0.2) is 36.5 Å². The number of primary amides is 1. The van der Waals surface area contributed by atoms with Crippen LogP contribution in [0, 0.1) is 0 Å². The molecule has 98 valence electrons. The second-order valence-electron chi connectivity index (χ2n) is 4.48. The summed E-state index contributed by atoms with van der Waals surface area (Å²) >= 11 is 3.41. The lowest BCUT2D eigenvalue weighted by molar-refractivity contribution is -0.126. The van der Waals surface area contributed by atoms with Crippen LogP contribution in [0.2, 0.25) is 0 Å². The maximum Gasteiger partial charge on any atom is 0.234 e. The molecule has 1 aromatic rings. The first-order valence-corrected chi connectivity index (χ1v) is 6.77. The van der Waals surface area contributed by atoms with Crippen molar-refractivity contribution in [1.29, 1.82) is 0 Å². The van der Waals surface area contributed by atoms with E-state index in [0.717, 1.165) is 16.6 Å². The highest BCUT2D eigenvalue weighted by Crippen LogP contribution is 2.24. The molecule has 1 fully saturated rings. The molecular weight excluding hydrogens is 296 g/mol. The Morgan fingerprint density at radius 3 is 2.78 bits per heavy atom. The molecule has 0 bridgehead atoms. The van der Waals surface area contributed by atoms with Gasteiger partial charge in [0.05, 0.1) is 18.8 Å². The zero-order chi connectivity index (χ0) is 13.1. The molecule has 1 heterocycles. The highest BCUT2D eigenvalue weighted by molar-refractivity contribution is 9.10. The van der Waals surface area contributed by atoms with E-state index in [9.17, 15) is 4.79 Å². The van der Waals surface area contributed by atoms with Crippen molar-refractivity contribution in [3.63, 3.8) is 0 Å². The molecule has 0 aliphatic carbocycles. The topological polar surface area (TPSA) is 55.6 Å². The number of nitrogens with zero attached hydrogens (tertiary/aromatic N) is 1. The molecule has 1 amide bonds. The van der Waals surface area contributed by atoms with Crippen LogP contribution < -0.4 is 5.73 Å². The van der Waals surface area contributed by atoms with Crippen molar-refractivity contribution in [3.05, 3.63) is 34.3 Å². The van der Waals surface area contributed by atoms with Crippen LogP contribution >= 0.6 is 15.9 Å². The first-order valence-electron chi connectivity index (χ1n) is 5.98. The summed E-state index contributed by atoms with van der Waals surface area (Å²) in [5, 5.41) is 0. The average molecular weight is 313 g/mol. The number of hydrogen-bond donors (Lipinski definition) is 1. The Balaban J connectivity index is 2.06. The normalized spacial score (nSPS) is 22.7. The van der Waals surface area contributed by atoms with Gasteiger partial charge in [0, 0.05) is 17.6 Å². The smallest absolute Gasteiger partial charge is 0.234 e. The fraction of sp³-hybridized carbons (Fsp3) is 0.462. The van der Waals surface area contributed by atoms with Crippen molar-refractivity contribution >= 4 is 21.8 Å². The molecule has 18 heavy (non-hydrogen) atoms. The molecule has 2 N–H and O–H groups in total. The van der Waals surface area contributed by atoms with Gasteiger partial charge in [-0.05, 0) is 24.6 Å². The van der Waals surface area contributed by atoms with Crippen LogP contribution in [0.4, 0.5) is 0 Å². The summed E-state index contributed by atoms with van der Waals surface area (Å²) < 4.78 is 6.80. The van der Waals surface area contributed by atoms with Crippen molar-refractivity contribution in [2.45, 2.75) is 19.1 Å². The molecule has 1 aliphatic rings. The Hall–Kier alpha value is -0.910. The lowest BCUT2D eigenvalue weighted by Gasteiger charge is -2.35. The number of carbonyl (C=O) groups is 1. The van der Waals surface area contributed by atoms with Crippen molar-refractivity contribution in [1.82, 2.24) is 4.90 Å². The van der Waals surface area contributed by atoms with Crippen LogP contribution in [0.25, 0.3) is 0 Å². The Morgan fingerprint density at radius 2 is 2.17 bits per heavy atom. The molecule has 4 nitrogen and oxygen atoms in total. The van der Waals surface area contributed by atoms with E-state index in [0.29, 0.717) is 13.2 Å². The van der Waals surface area contributed by atoms with Crippen molar-refractivity contribution in [2.24, 2.45) is 5.73 Å². The summed E-state index contributed by atoms with van der Waals surface area (Å²) in [6.07, 6.45) is 0.00801. The fourth-order valence-corrected chi connectivity index (χ4v) is 2.34. The Morgan fingerprint density at radius 1 is 1.50 bits per heavy atom. The average Bonchev–Trinajstić information content (AvgIpc) is 2.38. The van der Waals surface area contributed by atoms with Gasteiger partial charge in [-0.2, -0.15) is 0 Å². The van der Waals surface area contributed by atoms with Gasteiger partial charge >= 0.3 is 0 Å². The number of ether oxygens (including phenoxy) is 1. The number of carbonyl (C=O) groups excluding carboxylic acids is 1. The summed E-state index contributed by atoms with van der Waals surface area (Å²) in [4.78, 5) is 13.3. The number of hydrogen-bond acceptors (Lipinski definition) is 3. The standard InChI is InChI=1S/C13H17BrN2O2/c1-9(13(15)17)16-6-7-18-12(8-16)10-2-4-11(14)5-3-10/h2-5,9,12H,6-8H2,1H3,(H2,15,17)/t9-,12-/m1/s1. The number of nitrogens with two attached hydrogens (primary N) is 1. The van der Waals surface area contributed by atoms with Crippen LogP contribution in [-0.2, 0) is 9.53 Å². The van der Waals surface area contributed by atoms with Crippen LogP contribution in [0.5, 0.6) is 0 Å². The second kappa shape index (κ2) is 5.82. The maximum absolute atomic E-state index is 11.2. The summed E-state index contributed by atoms with van der Waals surface area (Å²) in [5.74, 6) is -0.286. The predicted molar refractivity (Wildman–Crippen MR) is 73.1 cm³/mol. The molecular formula is C13H17BrN2O2. The summed E-state index contributed by atoms with van der Waals surface area (Å²) in [5.41, 5.74) is 6.47. The van der Waals surface area contributed by atoms with Crippen molar-refractivity contribution < 1.29 is 9.53 Å².